The zero-order chi connectivity index (χ0) is 29.8. The summed E-state index contributed by atoms with van der Waals surface area (Å²) in [5.74, 6) is 0.397. The Bertz CT molecular complexity index is 1110. The molecule has 0 aliphatic heterocycles. The molecular formula is C32H46N2O5. The number of phenolic OH excluding ortho intramolecular Hbond substituents is 1. The number of anilines is 1. The van der Waals surface area contributed by atoms with Crippen molar-refractivity contribution >= 4 is 17.5 Å². The Balaban J connectivity index is 0.00000225. The van der Waals surface area contributed by atoms with Crippen molar-refractivity contribution < 1.29 is 24.5 Å². The minimum absolute atomic E-state index is 0.0805. The van der Waals surface area contributed by atoms with Crippen LogP contribution >= 0.6 is 0 Å². The fraction of sp³-hybridized carbons (Fsp3) is 0.375. The summed E-state index contributed by atoms with van der Waals surface area (Å²) in [6.45, 7) is 16.0. The van der Waals surface area contributed by atoms with Crippen LogP contribution in [-0.4, -0.2) is 35.2 Å². The maximum Gasteiger partial charge on any atom is 0.259 e. The predicted octanol–water partition coefficient (Wildman–Crippen LogP) is 7.17. The molecule has 214 valence electrons. The molecule has 0 aromatic heterocycles. The second kappa shape index (κ2) is 20.2. The maximum atomic E-state index is 12.6. The van der Waals surface area contributed by atoms with Crippen LogP contribution in [0.15, 0.2) is 60.7 Å². The number of aliphatic hydroxyl groups is 1. The van der Waals surface area contributed by atoms with Gasteiger partial charge in [-0.1, -0.05) is 71.9 Å². The van der Waals surface area contributed by atoms with E-state index in [4.69, 9.17) is 9.84 Å². The fourth-order valence-electron chi connectivity index (χ4n) is 3.49. The standard InChI is InChI=1S/C26H28N2O5.3C2H6/c1-17-14-19(8-11-24(31)27-12-13-29)15-18(2)25(17)33-21-9-10-23(30)22(16-21)26(32)28-20-6-4-3-5-7-20;3*1-2/h3-7,9-10,14-16,29-30H,8,11-13H2,1-2H3,(H,27,31)(H,28,32);3*1-2H3. The second-order valence-electron chi connectivity index (χ2n) is 7.73. The van der Waals surface area contributed by atoms with Gasteiger partial charge in [-0.25, -0.2) is 0 Å². The van der Waals surface area contributed by atoms with E-state index in [1.54, 1.807) is 18.2 Å². The highest BCUT2D eigenvalue weighted by Crippen LogP contribution is 2.32. The summed E-state index contributed by atoms with van der Waals surface area (Å²) in [6.07, 6.45) is 0.902. The Hall–Kier alpha value is -3.84. The molecule has 0 unspecified atom stereocenters. The van der Waals surface area contributed by atoms with Crippen molar-refractivity contribution in [3.63, 3.8) is 0 Å². The van der Waals surface area contributed by atoms with Crippen molar-refractivity contribution in [3.05, 3.63) is 82.9 Å². The number of ether oxygens (including phenoxy) is 1. The topological polar surface area (TPSA) is 108 Å². The number of hydrogen-bond donors (Lipinski definition) is 4. The number of benzene rings is 3. The number of rotatable bonds is 9. The quantitative estimate of drug-likeness (QED) is 0.231. The smallest absolute Gasteiger partial charge is 0.259 e. The molecule has 0 aliphatic carbocycles. The van der Waals surface area contributed by atoms with Crippen molar-refractivity contribution in [2.24, 2.45) is 0 Å². The molecule has 7 heteroatoms. The second-order valence-corrected chi connectivity index (χ2v) is 7.73. The summed E-state index contributed by atoms with van der Waals surface area (Å²) >= 11 is 0. The number of aliphatic hydroxyl groups excluding tert-OH is 1. The summed E-state index contributed by atoms with van der Waals surface area (Å²) in [6, 6.07) is 17.5. The number of aryl methyl sites for hydroxylation is 3. The predicted molar refractivity (Wildman–Crippen MR) is 161 cm³/mol. The van der Waals surface area contributed by atoms with E-state index in [2.05, 4.69) is 10.6 Å². The lowest BCUT2D eigenvalue weighted by Crippen LogP contribution is -2.26. The first kappa shape index (κ1) is 35.2. The first-order chi connectivity index (χ1) is 18.9. The monoisotopic (exact) mass is 538 g/mol. The molecule has 0 atom stereocenters. The molecule has 0 bridgehead atoms. The number of carbonyl (C=O) groups is 2. The van der Waals surface area contributed by atoms with Crippen molar-refractivity contribution in [3.8, 4) is 17.2 Å². The SMILES string of the molecule is CC.CC.CC.Cc1cc(CCC(=O)NCCO)cc(C)c1Oc1ccc(O)c(C(=O)Nc2ccccc2)c1. The van der Waals surface area contributed by atoms with Gasteiger partial charge >= 0.3 is 0 Å². The van der Waals surface area contributed by atoms with Crippen LogP contribution in [0.5, 0.6) is 17.2 Å². The molecule has 0 fully saturated rings. The molecule has 0 saturated carbocycles. The van der Waals surface area contributed by atoms with E-state index in [9.17, 15) is 14.7 Å². The fourth-order valence-corrected chi connectivity index (χ4v) is 3.49. The molecule has 39 heavy (non-hydrogen) atoms. The molecular weight excluding hydrogens is 492 g/mol. The minimum Gasteiger partial charge on any atom is -0.507 e. The van der Waals surface area contributed by atoms with E-state index >= 15 is 0 Å². The van der Waals surface area contributed by atoms with Gasteiger partial charge in [-0.05, 0) is 67.3 Å². The number of amides is 2. The average molecular weight is 539 g/mol. The molecule has 0 spiro atoms. The highest BCUT2D eigenvalue weighted by molar-refractivity contribution is 6.06. The molecule has 3 rings (SSSR count). The lowest BCUT2D eigenvalue weighted by Gasteiger charge is -2.15. The van der Waals surface area contributed by atoms with Crippen LogP contribution < -0.4 is 15.4 Å². The van der Waals surface area contributed by atoms with Gasteiger partial charge in [0.2, 0.25) is 5.91 Å². The van der Waals surface area contributed by atoms with Crippen molar-refractivity contribution in [1.29, 1.82) is 0 Å². The first-order valence-corrected chi connectivity index (χ1v) is 13.7. The summed E-state index contributed by atoms with van der Waals surface area (Å²) in [7, 11) is 0. The van der Waals surface area contributed by atoms with Gasteiger partial charge in [0, 0.05) is 18.7 Å². The number of para-hydroxylation sites is 1. The van der Waals surface area contributed by atoms with Crippen LogP contribution in [0, 0.1) is 13.8 Å². The molecule has 4 N–H and O–H groups in total. The Kier molecular flexibility index (Phi) is 18.2. The van der Waals surface area contributed by atoms with Crippen LogP contribution in [-0.2, 0) is 11.2 Å². The van der Waals surface area contributed by atoms with Gasteiger partial charge in [-0.3, -0.25) is 9.59 Å². The van der Waals surface area contributed by atoms with Crippen molar-refractivity contribution in [2.75, 3.05) is 18.5 Å². The Morgan fingerprint density at radius 1 is 0.846 bits per heavy atom. The van der Waals surface area contributed by atoms with E-state index in [-0.39, 0.29) is 30.4 Å². The van der Waals surface area contributed by atoms with Crippen LogP contribution in [0.3, 0.4) is 0 Å². The number of phenols is 1. The van der Waals surface area contributed by atoms with Gasteiger partial charge in [-0.15, -0.1) is 0 Å². The van der Waals surface area contributed by atoms with Crippen LogP contribution in [0.2, 0.25) is 0 Å². The summed E-state index contributed by atoms with van der Waals surface area (Å²) in [5.41, 5.74) is 3.52. The number of hydrogen-bond acceptors (Lipinski definition) is 5. The molecule has 0 aliphatic rings. The summed E-state index contributed by atoms with van der Waals surface area (Å²) < 4.78 is 6.07. The van der Waals surface area contributed by atoms with Gasteiger partial charge in [0.05, 0.1) is 12.2 Å². The van der Waals surface area contributed by atoms with Crippen molar-refractivity contribution in [1.82, 2.24) is 5.32 Å². The molecule has 0 radical (unpaired) electrons. The van der Waals surface area contributed by atoms with Crippen LogP contribution in [0.4, 0.5) is 5.69 Å². The third-order valence-corrected chi connectivity index (χ3v) is 5.06. The van der Waals surface area contributed by atoms with Gasteiger partial charge in [0.25, 0.3) is 5.91 Å². The molecule has 3 aromatic rings. The minimum atomic E-state index is -0.438. The molecule has 0 saturated heterocycles. The highest BCUT2D eigenvalue weighted by atomic mass is 16.5. The maximum absolute atomic E-state index is 12.6. The Morgan fingerprint density at radius 3 is 2.00 bits per heavy atom. The normalized spacial score (nSPS) is 9.36. The van der Waals surface area contributed by atoms with E-state index < -0.39 is 5.91 Å². The largest absolute Gasteiger partial charge is 0.507 e. The first-order valence-electron chi connectivity index (χ1n) is 13.7. The molecule has 7 nitrogen and oxygen atoms in total. The molecule has 2 amide bonds. The zero-order valence-corrected chi connectivity index (χ0v) is 24.7. The number of carbonyl (C=O) groups excluding carboxylic acids is 2. The zero-order valence-electron chi connectivity index (χ0n) is 24.7. The van der Waals surface area contributed by atoms with Gasteiger partial charge in [0.1, 0.15) is 17.2 Å². The molecule has 3 aromatic carbocycles. The van der Waals surface area contributed by atoms with Gasteiger partial charge < -0.3 is 25.6 Å². The lowest BCUT2D eigenvalue weighted by molar-refractivity contribution is -0.121. The third-order valence-electron chi connectivity index (χ3n) is 5.06. The van der Waals surface area contributed by atoms with E-state index in [0.29, 0.717) is 30.0 Å². The lowest BCUT2D eigenvalue weighted by atomic mass is 10.0. The van der Waals surface area contributed by atoms with Crippen LogP contribution in [0.1, 0.15) is 75.0 Å². The number of aromatic hydroxyl groups is 1. The third kappa shape index (κ3) is 12.0. The Labute approximate surface area is 234 Å². The number of nitrogens with one attached hydrogen (secondary N) is 2. The Morgan fingerprint density at radius 2 is 1.44 bits per heavy atom. The van der Waals surface area contributed by atoms with Gasteiger partial charge in [0.15, 0.2) is 0 Å². The van der Waals surface area contributed by atoms with E-state index in [1.165, 1.54) is 12.1 Å². The summed E-state index contributed by atoms with van der Waals surface area (Å²) in [5, 5.41) is 24.4. The summed E-state index contributed by atoms with van der Waals surface area (Å²) in [4.78, 5) is 24.4. The highest BCUT2D eigenvalue weighted by Gasteiger charge is 2.15. The van der Waals surface area contributed by atoms with Crippen molar-refractivity contribution in [2.45, 2.75) is 68.2 Å². The van der Waals surface area contributed by atoms with Gasteiger partial charge in [-0.2, -0.15) is 0 Å². The van der Waals surface area contributed by atoms with E-state index in [0.717, 1.165) is 16.7 Å². The average Bonchev–Trinajstić information content (AvgIpc) is 2.97. The van der Waals surface area contributed by atoms with E-state index in [1.807, 2.05) is 85.7 Å². The molecule has 0 heterocycles. The van der Waals surface area contributed by atoms with Crippen LogP contribution in [0.25, 0.3) is 0 Å².